The van der Waals surface area contributed by atoms with Crippen LogP contribution >= 0.6 is 0 Å². The molecule has 5 nitrogen and oxygen atoms in total. The molecule has 1 aliphatic heterocycles. The number of carbonyl (C=O) groups excluding carboxylic acids is 2. The van der Waals surface area contributed by atoms with E-state index in [9.17, 15) is 14.0 Å². The molecule has 3 rings (SSSR count). The maximum Gasteiger partial charge on any atom is 0.258 e. The van der Waals surface area contributed by atoms with Gasteiger partial charge in [0.2, 0.25) is 5.91 Å². The monoisotopic (exact) mass is 369 g/mol. The van der Waals surface area contributed by atoms with Gasteiger partial charge in [0, 0.05) is 18.8 Å². The van der Waals surface area contributed by atoms with Crippen LogP contribution < -0.4 is 11.1 Å². The van der Waals surface area contributed by atoms with Crippen molar-refractivity contribution < 1.29 is 14.0 Å². The van der Waals surface area contributed by atoms with Gasteiger partial charge >= 0.3 is 0 Å². The van der Waals surface area contributed by atoms with Gasteiger partial charge in [-0.2, -0.15) is 0 Å². The van der Waals surface area contributed by atoms with E-state index in [1.807, 2.05) is 19.1 Å². The Labute approximate surface area is 158 Å². The molecule has 0 aromatic heterocycles. The van der Waals surface area contributed by atoms with E-state index in [4.69, 9.17) is 5.73 Å². The summed E-state index contributed by atoms with van der Waals surface area (Å²) in [6, 6.07) is 11.9. The van der Waals surface area contributed by atoms with Crippen LogP contribution in [0.2, 0.25) is 0 Å². The van der Waals surface area contributed by atoms with Crippen molar-refractivity contribution >= 4 is 17.5 Å². The average Bonchev–Trinajstić information content (AvgIpc) is 2.65. The number of hydrogen-bond acceptors (Lipinski definition) is 3. The van der Waals surface area contributed by atoms with Crippen LogP contribution in [0.1, 0.15) is 34.3 Å². The van der Waals surface area contributed by atoms with Gasteiger partial charge in [-0.15, -0.1) is 0 Å². The fourth-order valence-corrected chi connectivity index (χ4v) is 3.39. The second kappa shape index (κ2) is 8.31. The molecule has 0 aliphatic carbocycles. The maximum absolute atomic E-state index is 13.8. The number of anilines is 1. The fraction of sp³-hybridized carbons (Fsp3) is 0.333. The van der Waals surface area contributed by atoms with Crippen LogP contribution in [0.15, 0.2) is 42.5 Å². The van der Waals surface area contributed by atoms with Crippen molar-refractivity contribution in [3.8, 4) is 0 Å². The van der Waals surface area contributed by atoms with Gasteiger partial charge in [-0.05, 0) is 56.1 Å². The number of hydrogen-bond donors (Lipinski definition) is 2. The van der Waals surface area contributed by atoms with Crippen LogP contribution in [0, 0.1) is 18.7 Å². The molecule has 1 fully saturated rings. The van der Waals surface area contributed by atoms with Gasteiger partial charge in [-0.25, -0.2) is 4.39 Å². The number of aryl methyl sites for hydroxylation is 1. The molecule has 1 saturated heterocycles. The summed E-state index contributed by atoms with van der Waals surface area (Å²) in [6.07, 6.45) is 1.82. The van der Waals surface area contributed by atoms with Crippen LogP contribution in [0.5, 0.6) is 0 Å². The van der Waals surface area contributed by atoms with E-state index < -0.39 is 11.7 Å². The highest BCUT2D eigenvalue weighted by Crippen LogP contribution is 2.20. The van der Waals surface area contributed by atoms with Crippen LogP contribution in [0.4, 0.5) is 10.1 Å². The maximum atomic E-state index is 13.8. The number of likely N-dealkylation sites (tertiary alicyclic amines) is 1. The first-order valence-electron chi connectivity index (χ1n) is 9.10. The average molecular weight is 369 g/mol. The van der Waals surface area contributed by atoms with Crippen molar-refractivity contribution in [3.63, 3.8) is 0 Å². The molecule has 2 amide bonds. The van der Waals surface area contributed by atoms with Crippen molar-refractivity contribution in [1.82, 2.24) is 4.90 Å². The Morgan fingerprint density at radius 3 is 2.67 bits per heavy atom. The minimum absolute atomic E-state index is 0.0323. The highest BCUT2D eigenvalue weighted by atomic mass is 19.1. The molecule has 2 aromatic rings. The molecular weight excluding hydrogens is 345 g/mol. The first-order valence-corrected chi connectivity index (χ1v) is 9.10. The minimum Gasteiger partial charge on any atom is -0.369 e. The lowest BCUT2D eigenvalue weighted by atomic mass is 9.97. The third kappa shape index (κ3) is 4.92. The quantitative estimate of drug-likeness (QED) is 0.850. The van der Waals surface area contributed by atoms with E-state index in [1.165, 1.54) is 12.1 Å². The molecule has 1 atom stereocenters. The Bertz CT molecular complexity index is 836. The Kier molecular flexibility index (Phi) is 5.86. The van der Waals surface area contributed by atoms with E-state index in [1.54, 1.807) is 18.2 Å². The van der Waals surface area contributed by atoms with Gasteiger partial charge < -0.3 is 11.1 Å². The summed E-state index contributed by atoms with van der Waals surface area (Å²) in [6.45, 7) is 4.16. The summed E-state index contributed by atoms with van der Waals surface area (Å²) in [4.78, 5) is 25.9. The lowest BCUT2D eigenvalue weighted by Crippen LogP contribution is -2.40. The van der Waals surface area contributed by atoms with Gasteiger partial charge in [-0.3, -0.25) is 14.5 Å². The third-order valence-corrected chi connectivity index (χ3v) is 4.89. The molecule has 3 N–H and O–H groups in total. The molecule has 1 unspecified atom stereocenters. The number of benzene rings is 2. The van der Waals surface area contributed by atoms with Crippen molar-refractivity contribution in [2.45, 2.75) is 26.3 Å². The Balaban J connectivity index is 1.61. The Hall–Kier alpha value is -2.73. The second-order valence-electron chi connectivity index (χ2n) is 7.11. The molecule has 0 radical (unpaired) electrons. The standard InChI is InChI=1S/C21H24FN3O2/c1-14-4-9-19(22)18(11-14)21(27)24-17-7-5-15(6-8-17)12-25-10-2-3-16(13-25)20(23)26/h4-9,11,16H,2-3,10,12-13H2,1H3,(H2,23,26)(H,24,27). The van der Waals surface area contributed by atoms with Gasteiger partial charge in [-0.1, -0.05) is 23.8 Å². The normalized spacial score (nSPS) is 17.5. The van der Waals surface area contributed by atoms with E-state index in [-0.39, 0.29) is 17.4 Å². The topological polar surface area (TPSA) is 75.4 Å². The predicted octanol–water partition coefficient (Wildman–Crippen LogP) is 3.08. The number of nitrogens with two attached hydrogens (primary N) is 1. The van der Waals surface area contributed by atoms with Gasteiger partial charge in [0.25, 0.3) is 5.91 Å². The fourth-order valence-electron chi connectivity index (χ4n) is 3.39. The van der Waals surface area contributed by atoms with E-state index in [2.05, 4.69) is 10.2 Å². The van der Waals surface area contributed by atoms with Gasteiger partial charge in [0.1, 0.15) is 5.82 Å². The van der Waals surface area contributed by atoms with Crippen LogP contribution in [0.3, 0.4) is 0 Å². The number of nitrogens with one attached hydrogen (secondary N) is 1. The number of primary amides is 1. The van der Waals surface area contributed by atoms with Crippen molar-refractivity contribution in [2.75, 3.05) is 18.4 Å². The molecule has 0 spiro atoms. The van der Waals surface area contributed by atoms with E-state index in [0.717, 1.165) is 37.1 Å². The summed E-state index contributed by atoms with van der Waals surface area (Å²) in [5.41, 5.74) is 7.98. The lowest BCUT2D eigenvalue weighted by Gasteiger charge is -2.31. The number of piperidine rings is 1. The Morgan fingerprint density at radius 2 is 1.96 bits per heavy atom. The van der Waals surface area contributed by atoms with Crippen LogP contribution in [-0.2, 0) is 11.3 Å². The first-order chi connectivity index (χ1) is 12.9. The van der Waals surface area contributed by atoms with Crippen molar-refractivity contribution in [1.29, 1.82) is 0 Å². The number of halogens is 1. The number of nitrogens with zero attached hydrogens (tertiary/aromatic N) is 1. The van der Waals surface area contributed by atoms with E-state index >= 15 is 0 Å². The smallest absolute Gasteiger partial charge is 0.258 e. The third-order valence-electron chi connectivity index (χ3n) is 4.89. The zero-order chi connectivity index (χ0) is 19.4. The van der Waals surface area contributed by atoms with Gasteiger partial charge in [0.05, 0.1) is 11.5 Å². The summed E-state index contributed by atoms with van der Waals surface area (Å²) >= 11 is 0. The largest absolute Gasteiger partial charge is 0.369 e. The zero-order valence-corrected chi connectivity index (χ0v) is 15.4. The predicted molar refractivity (Wildman–Crippen MR) is 103 cm³/mol. The van der Waals surface area contributed by atoms with Crippen LogP contribution in [-0.4, -0.2) is 29.8 Å². The summed E-state index contributed by atoms with van der Waals surface area (Å²) < 4.78 is 13.8. The molecular formula is C21H24FN3O2. The van der Waals surface area contributed by atoms with Crippen molar-refractivity contribution in [2.24, 2.45) is 11.7 Å². The molecule has 0 bridgehead atoms. The summed E-state index contributed by atoms with van der Waals surface area (Å²) in [5.74, 6) is -1.32. The molecule has 142 valence electrons. The first kappa shape index (κ1) is 19.0. The lowest BCUT2D eigenvalue weighted by molar-refractivity contribution is -0.123. The molecule has 1 aliphatic rings. The zero-order valence-electron chi connectivity index (χ0n) is 15.4. The molecule has 6 heteroatoms. The number of carbonyl (C=O) groups is 2. The minimum atomic E-state index is -0.538. The van der Waals surface area contributed by atoms with Crippen molar-refractivity contribution in [3.05, 3.63) is 65.0 Å². The highest BCUT2D eigenvalue weighted by molar-refractivity contribution is 6.04. The van der Waals surface area contributed by atoms with Gasteiger partial charge in [0.15, 0.2) is 0 Å². The highest BCUT2D eigenvalue weighted by Gasteiger charge is 2.23. The van der Waals surface area contributed by atoms with Crippen LogP contribution in [0.25, 0.3) is 0 Å². The summed E-state index contributed by atoms with van der Waals surface area (Å²) in [7, 11) is 0. The Morgan fingerprint density at radius 1 is 1.22 bits per heavy atom. The number of rotatable bonds is 5. The molecule has 1 heterocycles. The second-order valence-corrected chi connectivity index (χ2v) is 7.11. The van der Waals surface area contributed by atoms with E-state index in [0.29, 0.717) is 12.2 Å². The molecule has 2 aromatic carbocycles. The molecule has 27 heavy (non-hydrogen) atoms. The summed E-state index contributed by atoms with van der Waals surface area (Å²) in [5, 5.41) is 2.73. The molecule has 0 saturated carbocycles. The SMILES string of the molecule is Cc1ccc(F)c(C(=O)Nc2ccc(CN3CCCC(C(N)=O)C3)cc2)c1. The number of amides is 2.